The van der Waals surface area contributed by atoms with Crippen molar-refractivity contribution >= 4 is 29.9 Å². The molecule has 0 aromatic heterocycles. The second-order valence-corrected chi connectivity index (χ2v) is 5.03. The van der Waals surface area contributed by atoms with E-state index in [1.807, 2.05) is 7.05 Å². The first kappa shape index (κ1) is 18.3. The molecule has 0 heterocycles. The topological polar surface area (TPSA) is 79.5 Å². The lowest BCUT2D eigenvalue weighted by atomic mass is 10.3. The maximum Gasteiger partial charge on any atom is 0.257 e. The standard InChI is InChI=1S/C15H21N3O3.ClH/c1-16-7-8-17-14(19)10-21-13-4-2-3-12(9-13)18-15(20)11-5-6-11;/h2-4,9,11,16H,5-8,10H2,1H3,(H,17,19)(H,18,20);1H. The first-order chi connectivity index (χ1) is 10.2. The van der Waals surface area contributed by atoms with Crippen molar-refractivity contribution in [2.24, 2.45) is 5.92 Å². The Morgan fingerprint density at radius 1 is 1.27 bits per heavy atom. The van der Waals surface area contributed by atoms with Gasteiger partial charge in [0, 0.05) is 30.8 Å². The molecule has 0 saturated heterocycles. The van der Waals surface area contributed by atoms with Gasteiger partial charge in [-0.1, -0.05) is 6.07 Å². The van der Waals surface area contributed by atoms with Crippen LogP contribution in [-0.4, -0.2) is 38.6 Å². The Kier molecular flexibility index (Phi) is 7.70. The molecule has 1 aromatic carbocycles. The van der Waals surface area contributed by atoms with Gasteiger partial charge in [-0.25, -0.2) is 0 Å². The molecule has 2 amide bonds. The fourth-order valence-corrected chi connectivity index (χ4v) is 1.78. The number of hydrogen-bond donors (Lipinski definition) is 3. The van der Waals surface area contributed by atoms with E-state index >= 15 is 0 Å². The van der Waals surface area contributed by atoms with E-state index < -0.39 is 0 Å². The highest BCUT2D eigenvalue weighted by Crippen LogP contribution is 2.30. The van der Waals surface area contributed by atoms with Crippen LogP contribution in [-0.2, 0) is 9.59 Å². The maximum absolute atomic E-state index is 11.7. The smallest absolute Gasteiger partial charge is 0.257 e. The normalized spacial score (nSPS) is 13.0. The third-order valence-electron chi connectivity index (χ3n) is 3.12. The molecule has 1 saturated carbocycles. The minimum Gasteiger partial charge on any atom is -0.484 e. The lowest BCUT2D eigenvalue weighted by Gasteiger charge is -2.09. The summed E-state index contributed by atoms with van der Waals surface area (Å²) < 4.78 is 5.41. The molecule has 2 rings (SSSR count). The lowest BCUT2D eigenvalue weighted by Crippen LogP contribution is -2.33. The molecule has 6 nitrogen and oxygen atoms in total. The molecule has 0 unspecified atom stereocenters. The molecule has 0 spiro atoms. The van der Waals surface area contributed by atoms with Crippen LogP contribution >= 0.6 is 12.4 Å². The second-order valence-electron chi connectivity index (χ2n) is 5.03. The Morgan fingerprint density at radius 3 is 2.73 bits per heavy atom. The summed E-state index contributed by atoms with van der Waals surface area (Å²) in [5, 5.41) is 8.51. The first-order valence-electron chi connectivity index (χ1n) is 7.14. The molecule has 1 fully saturated rings. The number of likely N-dealkylation sites (N-methyl/N-ethyl adjacent to an activating group) is 1. The van der Waals surface area contributed by atoms with Crippen molar-refractivity contribution in [1.82, 2.24) is 10.6 Å². The van der Waals surface area contributed by atoms with Crippen LogP contribution in [0.5, 0.6) is 5.75 Å². The summed E-state index contributed by atoms with van der Waals surface area (Å²) in [4.78, 5) is 23.2. The molecule has 7 heteroatoms. The summed E-state index contributed by atoms with van der Waals surface area (Å²) in [7, 11) is 1.82. The monoisotopic (exact) mass is 327 g/mol. The fourth-order valence-electron chi connectivity index (χ4n) is 1.78. The number of halogens is 1. The molecule has 1 aliphatic rings. The quantitative estimate of drug-likeness (QED) is 0.626. The molecular weight excluding hydrogens is 306 g/mol. The van der Waals surface area contributed by atoms with Crippen LogP contribution < -0.4 is 20.7 Å². The number of carbonyl (C=O) groups excluding carboxylic acids is 2. The molecule has 0 atom stereocenters. The second kappa shape index (κ2) is 9.27. The molecule has 122 valence electrons. The number of nitrogens with one attached hydrogen (secondary N) is 3. The van der Waals surface area contributed by atoms with E-state index in [4.69, 9.17) is 4.74 Å². The summed E-state index contributed by atoms with van der Waals surface area (Å²) in [5.74, 6) is 0.606. The Balaban J connectivity index is 0.00000242. The van der Waals surface area contributed by atoms with Gasteiger partial charge in [0.05, 0.1) is 0 Å². The van der Waals surface area contributed by atoms with Crippen molar-refractivity contribution in [2.75, 3.05) is 32.1 Å². The summed E-state index contributed by atoms with van der Waals surface area (Å²) in [5.41, 5.74) is 0.694. The molecule has 22 heavy (non-hydrogen) atoms. The van der Waals surface area contributed by atoms with E-state index in [-0.39, 0.29) is 36.7 Å². The molecule has 0 radical (unpaired) electrons. The average Bonchev–Trinajstić information content (AvgIpc) is 3.30. The van der Waals surface area contributed by atoms with Crippen molar-refractivity contribution < 1.29 is 14.3 Å². The Hall–Kier alpha value is -1.79. The number of benzene rings is 1. The van der Waals surface area contributed by atoms with E-state index in [0.29, 0.717) is 24.5 Å². The third-order valence-corrected chi connectivity index (χ3v) is 3.12. The SMILES string of the molecule is CNCCNC(=O)COc1cccc(NC(=O)C2CC2)c1.Cl. The summed E-state index contributed by atoms with van der Waals surface area (Å²) >= 11 is 0. The van der Waals surface area contributed by atoms with Crippen LogP contribution in [0, 0.1) is 5.92 Å². The van der Waals surface area contributed by atoms with Crippen LogP contribution in [0.4, 0.5) is 5.69 Å². The maximum atomic E-state index is 11.7. The number of ether oxygens (including phenoxy) is 1. The number of carbonyl (C=O) groups is 2. The minimum absolute atomic E-state index is 0. The summed E-state index contributed by atoms with van der Waals surface area (Å²) in [6.07, 6.45) is 1.93. The zero-order valence-corrected chi connectivity index (χ0v) is 13.4. The number of rotatable bonds is 8. The van der Waals surface area contributed by atoms with Gasteiger partial charge in [0.15, 0.2) is 6.61 Å². The van der Waals surface area contributed by atoms with Gasteiger partial charge in [0.25, 0.3) is 5.91 Å². The highest BCUT2D eigenvalue weighted by Gasteiger charge is 2.29. The van der Waals surface area contributed by atoms with Crippen molar-refractivity contribution in [3.63, 3.8) is 0 Å². The lowest BCUT2D eigenvalue weighted by molar-refractivity contribution is -0.123. The highest BCUT2D eigenvalue weighted by molar-refractivity contribution is 5.94. The van der Waals surface area contributed by atoms with Crippen LogP contribution in [0.2, 0.25) is 0 Å². The number of anilines is 1. The van der Waals surface area contributed by atoms with Crippen LogP contribution in [0.1, 0.15) is 12.8 Å². The zero-order valence-electron chi connectivity index (χ0n) is 12.6. The Labute approximate surface area is 136 Å². The van der Waals surface area contributed by atoms with Crippen molar-refractivity contribution in [3.05, 3.63) is 24.3 Å². The van der Waals surface area contributed by atoms with E-state index in [0.717, 1.165) is 12.8 Å². The Morgan fingerprint density at radius 2 is 2.05 bits per heavy atom. The predicted octanol–water partition coefficient (Wildman–Crippen LogP) is 1.17. The van der Waals surface area contributed by atoms with E-state index in [9.17, 15) is 9.59 Å². The molecule has 3 N–H and O–H groups in total. The van der Waals surface area contributed by atoms with Crippen molar-refractivity contribution in [2.45, 2.75) is 12.8 Å². The molecule has 1 aliphatic carbocycles. The molecular formula is C15H22ClN3O3. The Bertz CT molecular complexity index is 507. The summed E-state index contributed by atoms with van der Waals surface area (Å²) in [6, 6.07) is 7.08. The molecule has 1 aromatic rings. The third kappa shape index (κ3) is 6.32. The zero-order chi connectivity index (χ0) is 15.1. The van der Waals surface area contributed by atoms with Crippen LogP contribution in [0.15, 0.2) is 24.3 Å². The minimum atomic E-state index is -0.169. The average molecular weight is 328 g/mol. The van der Waals surface area contributed by atoms with Gasteiger partial charge in [0.2, 0.25) is 5.91 Å². The number of hydrogen-bond acceptors (Lipinski definition) is 4. The van der Waals surface area contributed by atoms with Gasteiger partial charge >= 0.3 is 0 Å². The van der Waals surface area contributed by atoms with Crippen molar-refractivity contribution in [1.29, 1.82) is 0 Å². The summed E-state index contributed by atoms with van der Waals surface area (Å²) in [6.45, 7) is 1.24. The van der Waals surface area contributed by atoms with E-state index in [2.05, 4.69) is 16.0 Å². The number of amides is 2. The van der Waals surface area contributed by atoms with Crippen LogP contribution in [0.25, 0.3) is 0 Å². The van der Waals surface area contributed by atoms with Gasteiger partial charge in [0.1, 0.15) is 5.75 Å². The van der Waals surface area contributed by atoms with Gasteiger partial charge in [-0.15, -0.1) is 12.4 Å². The molecule has 0 aliphatic heterocycles. The first-order valence-corrected chi connectivity index (χ1v) is 7.14. The van der Waals surface area contributed by atoms with Gasteiger partial charge in [-0.2, -0.15) is 0 Å². The molecule has 0 bridgehead atoms. The van der Waals surface area contributed by atoms with Crippen LogP contribution in [0.3, 0.4) is 0 Å². The highest BCUT2D eigenvalue weighted by atomic mass is 35.5. The predicted molar refractivity (Wildman–Crippen MR) is 87.5 cm³/mol. The van der Waals surface area contributed by atoms with E-state index in [1.165, 1.54) is 0 Å². The van der Waals surface area contributed by atoms with Gasteiger partial charge in [-0.3, -0.25) is 9.59 Å². The van der Waals surface area contributed by atoms with Crippen molar-refractivity contribution in [3.8, 4) is 5.75 Å². The van der Waals surface area contributed by atoms with Gasteiger partial charge in [-0.05, 0) is 32.0 Å². The largest absolute Gasteiger partial charge is 0.484 e. The fraction of sp³-hybridized carbons (Fsp3) is 0.467. The van der Waals surface area contributed by atoms with Gasteiger partial charge < -0.3 is 20.7 Å². The van der Waals surface area contributed by atoms with E-state index in [1.54, 1.807) is 24.3 Å².